The van der Waals surface area contributed by atoms with Gasteiger partial charge in [-0.2, -0.15) is 0 Å². The quantitative estimate of drug-likeness (QED) is 0.712. The molecule has 0 heterocycles. The number of primary amides is 1. The molecule has 3 aromatic carbocycles. The van der Waals surface area contributed by atoms with Crippen molar-refractivity contribution in [1.29, 1.82) is 0 Å². The minimum absolute atomic E-state index is 0. The number of hydrogen-bond donors (Lipinski definition) is 1. The first kappa shape index (κ1) is 18.2. The average Bonchev–Trinajstić information content (AvgIpc) is 2.63. The van der Waals surface area contributed by atoms with Crippen LogP contribution in [0.4, 0.5) is 4.79 Å². The van der Waals surface area contributed by atoms with Gasteiger partial charge in [-0.25, -0.2) is 0 Å². The van der Waals surface area contributed by atoms with Crippen molar-refractivity contribution in [1.82, 2.24) is 0 Å². The van der Waals surface area contributed by atoms with Gasteiger partial charge in [-0.15, -0.1) is 12.4 Å². The molecule has 0 atom stereocenters. The van der Waals surface area contributed by atoms with Crippen molar-refractivity contribution in [3.05, 3.63) is 91.0 Å². The van der Waals surface area contributed by atoms with Crippen LogP contribution in [-0.4, -0.2) is 12.3 Å². The Morgan fingerprint density at radius 1 is 0.667 bits per heavy atom. The molecular weight excluding hydrogens is 337 g/mol. The second-order valence-corrected chi connectivity index (χ2v) is 11.0. The van der Waals surface area contributed by atoms with Crippen LogP contribution in [0.15, 0.2) is 91.0 Å². The predicted octanol–water partition coefficient (Wildman–Crippen LogP) is 3.65. The number of nitrogens with two attached hydrogens (primary N) is 1. The fourth-order valence-corrected chi connectivity index (χ4v) is 7.64. The van der Waals surface area contributed by atoms with E-state index in [4.69, 9.17) is 5.73 Å². The molecule has 0 unspecified atom stereocenters. The van der Waals surface area contributed by atoms with E-state index in [1.54, 1.807) is 0 Å². The summed E-state index contributed by atoms with van der Waals surface area (Å²) in [4.78, 5) is 13.0. The van der Waals surface area contributed by atoms with Crippen LogP contribution >= 0.6 is 19.0 Å². The van der Waals surface area contributed by atoms with Crippen LogP contribution in [0.2, 0.25) is 0 Å². The molecule has 1 amide bonds. The van der Waals surface area contributed by atoms with Gasteiger partial charge in [-0.1, -0.05) is 0 Å². The summed E-state index contributed by atoms with van der Waals surface area (Å²) in [5.41, 5.74) is 5.86. The molecule has 0 aromatic heterocycles. The average molecular weight is 358 g/mol. The Kier molecular flexibility index (Phi) is 5.13. The summed E-state index contributed by atoms with van der Waals surface area (Å²) in [7, 11) is 0. The standard InChI is InChI=1S/C20H20NOP.ClH/c1-23(20(21)22,17-11-5-2-6-12-17,18-13-7-3-8-14-18)19-15-9-4-10-16-19;/h2-16H,1H3,(H2,21,22);1H. The molecule has 4 heteroatoms. The first-order valence-electron chi connectivity index (χ1n) is 7.57. The first-order valence-corrected chi connectivity index (χ1v) is 10.2. The maximum Gasteiger partial charge on any atom is -0.147 e. The SMILES string of the molecule is CP(C(N)=O)(c1ccccc1)(c1ccccc1)c1ccccc1.Cl. The summed E-state index contributed by atoms with van der Waals surface area (Å²) in [5, 5.41) is 2.97. The first-order chi connectivity index (χ1) is 11.1. The maximum absolute atomic E-state index is 13.0. The molecule has 0 radical (unpaired) electrons. The van der Waals surface area contributed by atoms with E-state index in [0.717, 1.165) is 15.9 Å². The van der Waals surface area contributed by atoms with Gasteiger partial charge in [0.2, 0.25) is 0 Å². The number of benzene rings is 3. The number of amides is 1. The summed E-state index contributed by atoms with van der Waals surface area (Å²) < 4.78 is 0. The summed E-state index contributed by atoms with van der Waals surface area (Å²) in [6, 6.07) is 29.8. The van der Waals surface area contributed by atoms with E-state index in [0.29, 0.717) is 0 Å². The van der Waals surface area contributed by atoms with Crippen LogP contribution in [0.1, 0.15) is 0 Å². The smallest absolute Gasteiger partial charge is 0.147 e. The van der Waals surface area contributed by atoms with Crippen LogP contribution < -0.4 is 21.6 Å². The van der Waals surface area contributed by atoms with Crippen molar-refractivity contribution in [2.45, 2.75) is 0 Å². The molecule has 3 aromatic rings. The largest absolute Gasteiger partial charge is 0.147 e. The topological polar surface area (TPSA) is 43.1 Å². The van der Waals surface area contributed by atoms with Crippen LogP contribution in [0.3, 0.4) is 0 Å². The Morgan fingerprint density at radius 2 is 0.917 bits per heavy atom. The Labute approximate surface area is 149 Å². The molecule has 3 rings (SSSR count). The van der Waals surface area contributed by atoms with Crippen LogP contribution in [-0.2, 0) is 0 Å². The molecule has 2 N–H and O–H groups in total. The normalized spacial score (nSPS) is 12.5. The maximum atomic E-state index is 13.0. The zero-order valence-electron chi connectivity index (χ0n) is 13.5. The van der Waals surface area contributed by atoms with Crippen molar-refractivity contribution < 1.29 is 4.79 Å². The molecule has 124 valence electrons. The van der Waals surface area contributed by atoms with Crippen LogP contribution in [0.5, 0.6) is 0 Å². The van der Waals surface area contributed by atoms with E-state index < -0.39 is 6.60 Å². The monoisotopic (exact) mass is 357 g/mol. The Bertz CT molecular complexity index is 723. The van der Waals surface area contributed by atoms with Gasteiger partial charge >= 0.3 is 136 Å². The van der Waals surface area contributed by atoms with Crippen molar-refractivity contribution >= 4 is 40.6 Å². The zero-order valence-corrected chi connectivity index (χ0v) is 15.2. The van der Waals surface area contributed by atoms with Gasteiger partial charge in [0.25, 0.3) is 0 Å². The predicted molar refractivity (Wildman–Crippen MR) is 108 cm³/mol. The molecule has 0 spiro atoms. The minimum atomic E-state index is -3.37. The van der Waals surface area contributed by atoms with Gasteiger partial charge in [0.15, 0.2) is 0 Å². The van der Waals surface area contributed by atoms with E-state index >= 15 is 0 Å². The fraction of sp³-hybridized carbons (Fsp3) is 0.0500. The Hall–Kier alpha value is -2.15. The molecule has 24 heavy (non-hydrogen) atoms. The Morgan fingerprint density at radius 3 is 1.12 bits per heavy atom. The van der Waals surface area contributed by atoms with Gasteiger partial charge in [0.1, 0.15) is 0 Å². The second kappa shape index (κ2) is 6.76. The van der Waals surface area contributed by atoms with E-state index in [2.05, 4.69) is 0 Å². The fourth-order valence-electron chi connectivity index (χ4n) is 3.23. The summed E-state index contributed by atoms with van der Waals surface area (Å²) in [6.07, 6.45) is 0. The third-order valence-corrected chi connectivity index (χ3v) is 10.6. The van der Waals surface area contributed by atoms with Crippen molar-refractivity contribution in [2.75, 3.05) is 6.66 Å². The summed E-state index contributed by atoms with van der Waals surface area (Å²) in [6.45, 7) is -1.32. The van der Waals surface area contributed by atoms with Crippen LogP contribution in [0, 0.1) is 0 Å². The molecule has 0 aliphatic carbocycles. The molecule has 0 bridgehead atoms. The van der Waals surface area contributed by atoms with Crippen molar-refractivity contribution in [2.24, 2.45) is 5.73 Å². The number of carbonyl (C=O) groups excluding carboxylic acids is 1. The second-order valence-electron chi connectivity index (χ2n) is 5.91. The van der Waals surface area contributed by atoms with E-state index in [1.165, 1.54) is 0 Å². The van der Waals surface area contributed by atoms with E-state index in [-0.39, 0.29) is 18.1 Å². The minimum Gasteiger partial charge on any atom is -0.147 e. The molecule has 0 fully saturated rings. The number of halogens is 1. The molecule has 2 nitrogen and oxygen atoms in total. The molecule has 0 aliphatic rings. The number of hydrogen-bond acceptors (Lipinski definition) is 1. The van der Waals surface area contributed by atoms with Crippen molar-refractivity contribution in [3.63, 3.8) is 0 Å². The van der Waals surface area contributed by atoms with Crippen molar-refractivity contribution in [3.8, 4) is 0 Å². The van der Waals surface area contributed by atoms with Gasteiger partial charge < -0.3 is 0 Å². The van der Waals surface area contributed by atoms with Gasteiger partial charge in [0, 0.05) is 0 Å². The van der Waals surface area contributed by atoms with E-state index in [9.17, 15) is 4.79 Å². The zero-order chi connectivity index (χ0) is 16.4. The number of rotatable bonds is 4. The van der Waals surface area contributed by atoms with E-state index in [1.807, 2.05) is 97.7 Å². The van der Waals surface area contributed by atoms with Crippen LogP contribution in [0.25, 0.3) is 0 Å². The molecule has 0 aliphatic heterocycles. The Balaban J connectivity index is 0.00000208. The molecular formula is C20H21ClNOP. The third kappa shape index (κ3) is 2.43. The summed E-state index contributed by atoms with van der Waals surface area (Å²) in [5.74, 6) is 0. The molecule has 0 saturated carbocycles. The van der Waals surface area contributed by atoms with Gasteiger partial charge in [-0.05, 0) is 0 Å². The summed E-state index contributed by atoms with van der Waals surface area (Å²) >= 11 is 0. The van der Waals surface area contributed by atoms with Gasteiger partial charge in [-0.3, -0.25) is 0 Å². The molecule has 0 saturated heterocycles. The third-order valence-electron chi connectivity index (χ3n) is 4.76. The van der Waals surface area contributed by atoms with Gasteiger partial charge in [0.05, 0.1) is 0 Å². The number of carbonyl (C=O) groups is 1.